The average Bonchev–Trinajstić information content (AvgIpc) is 2.84. The van der Waals surface area contributed by atoms with E-state index >= 15 is 0 Å². The number of aromatic nitrogens is 2. The average molecular weight is 277 g/mol. The van der Waals surface area contributed by atoms with Crippen molar-refractivity contribution in [2.45, 2.75) is 13.3 Å². The maximum absolute atomic E-state index is 12.0. The van der Waals surface area contributed by atoms with Gasteiger partial charge in [-0.3, -0.25) is 10.1 Å². The van der Waals surface area contributed by atoms with Crippen molar-refractivity contribution in [3.8, 4) is 0 Å². The van der Waals surface area contributed by atoms with Crippen molar-refractivity contribution in [2.75, 3.05) is 19.0 Å². The highest BCUT2D eigenvalue weighted by Gasteiger charge is 2.09. The SMILES string of the molecule is COCCc1nnc(NC(=O)c2ccc(C)cc2)s1. The number of aryl methyl sites for hydroxylation is 1. The van der Waals surface area contributed by atoms with Gasteiger partial charge in [0.2, 0.25) is 5.13 Å². The lowest BCUT2D eigenvalue weighted by atomic mass is 10.1. The number of carbonyl (C=O) groups excluding carboxylic acids is 1. The predicted molar refractivity (Wildman–Crippen MR) is 74.6 cm³/mol. The number of hydrogen-bond acceptors (Lipinski definition) is 5. The van der Waals surface area contributed by atoms with Crippen molar-refractivity contribution in [2.24, 2.45) is 0 Å². The summed E-state index contributed by atoms with van der Waals surface area (Å²) >= 11 is 1.36. The fourth-order valence-corrected chi connectivity index (χ4v) is 2.18. The lowest BCUT2D eigenvalue weighted by Gasteiger charge is -2.01. The molecule has 0 atom stereocenters. The van der Waals surface area contributed by atoms with E-state index in [0.717, 1.165) is 10.6 Å². The van der Waals surface area contributed by atoms with E-state index in [4.69, 9.17) is 4.74 Å². The molecule has 0 saturated carbocycles. The highest BCUT2D eigenvalue weighted by Crippen LogP contribution is 2.16. The van der Waals surface area contributed by atoms with Gasteiger partial charge in [-0.1, -0.05) is 29.0 Å². The molecule has 0 unspecified atom stereocenters. The van der Waals surface area contributed by atoms with Gasteiger partial charge >= 0.3 is 0 Å². The van der Waals surface area contributed by atoms with Gasteiger partial charge in [-0.05, 0) is 19.1 Å². The lowest BCUT2D eigenvalue weighted by molar-refractivity contribution is 0.102. The fraction of sp³-hybridized carbons (Fsp3) is 0.308. The zero-order chi connectivity index (χ0) is 13.7. The summed E-state index contributed by atoms with van der Waals surface area (Å²) in [6, 6.07) is 7.38. The molecule has 1 aromatic heterocycles. The zero-order valence-electron chi connectivity index (χ0n) is 10.8. The van der Waals surface area contributed by atoms with Gasteiger partial charge in [-0.25, -0.2) is 0 Å². The fourth-order valence-electron chi connectivity index (χ4n) is 1.47. The van der Waals surface area contributed by atoms with Gasteiger partial charge in [0.05, 0.1) is 6.61 Å². The van der Waals surface area contributed by atoms with Crippen LogP contribution in [0.15, 0.2) is 24.3 Å². The summed E-state index contributed by atoms with van der Waals surface area (Å²) in [5.74, 6) is -0.172. The van der Waals surface area contributed by atoms with Crippen LogP contribution in [0.5, 0.6) is 0 Å². The van der Waals surface area contributed by atoms with Crippen LogP contribution in [0.25, 0.3) is 0 Å². The number of methoxy groups -OCH3 is 1. The highest BCUT2D eigenvalue weighted by molar-refractivity contribution is 7.15. The number of hydrogen-bond donors (Lipinski definition) is 1. The number of amides is 1. The standard InChI is InChI=1S/C13H15N3O2S/c1-9-3-5-10(6-4-9)12(17)14-13-16-15-11(19-13)7-8-18-2/h3-6H,7-8H2,1-2H3,(H,14,16,17). The maximum Gasteiger partial charge on any atom is 0.257 e. The molecule has 6 heteroatoms. The number of benzene rings is 1. The van der Waals surface area contributed by atoms with Crippen molar-refractivity contribution < 1.29 is 9.53 Å². The number of nitrogens with zero attached hydrogens (tertiary/aromatic N) is 2. The van der Waals surface area contributed by atoms with Gasteiger partial charge in [0.25, 0.3) is 5.91 Å². The predicted octanol–water partition coefficient (Wildman–Crippen LogP) is 2.29. The summed E-state index contributed by atoms with van der Waals surface area (Å²) in [7, 11) is 1.64. The minimum atomic E-state index is -0.172. The minimum Gasteiger partial charge on any atom is -0.384 e. The summed E-state index contributed by atoms with van der Waals surface area (Å²) in [5.41, 5.74) is 1.73. The molecule has 0 bridgehead atoms. The van der Waals surface area contributed by atoms with Crippen molar-refractivity contribution in [1.82, 2.24) is 10.2 Å². The molecule has 1 N–H and O–H groups in total. The maximum atomic E-state index is 12.0. The molecule has 0 aliphatic heterocycles. The summed E-state index contributed by atoms with van der Waals surface area (Å²) in [5, 5.41) is 12.0. The van der Waals surface area contributed by atoms with Crippen molar-refractivity contribution in [3.05, 3.63) is 40.4 Å². The Morgan fingerprint density at radius 1 is 1.32 bits per heavy atom. The quantitative estimate of drug-likeness (QED) is 0.910. The third kappa shape index (κ3) is 3.84. The molecule has 0 aliphatic rings. The van der Waals surface area contributed by atoms with Crippen LogP contribution in [0.2, 0.25) is 0 Å². The number of rotatable bonds is 5. The first-order valence-corrected chi connectivity index (χ1v) is 6.70. The van der Waals surface area contributed by atoms with Crippen LogP contribution in [0, 0.1) is 6.92 Å². The Balaban J connectivity index is 1.98. The van der Waals surface area contributed by atoms with Crippen molar-refractivity contribution in [3.63, 3.8) is 0 Å². The molecule has 2 rings (SSSR count). The van der Waals surface area contributed by atoms with Crippen LogP contribution in [0.1, 0.15) is 20.9 Å². The highest BCUT2D eigenvalue weighted by atomic mass is 32.1. The molecule has 0 fully saturated rings. The molecule has 5 nitrogen and oxygen atoms in total. The first kappa shape index (κ1) is 13.6. The molecular formula is C13H15N3O2S. The van der Waals surface area contributed by atoms with E-state index in [1.165, 1.54) is 11.3 Å². The molecular weight excluding hydrogens is 262 g/mol. The van der Waals surface area contributed by atoms with Crippen LogP contribution in [0.3, 0.4) is 0 Å². The van der Waals surface area contributed by atoms with Gasteiger partial charge in [0.15, 0.2) is 0 Å². The van der Waals surface area contributed by atoms with Gasteiger partial charge in [0.1, 0.15) is 5.01 Å². The molecule has 100 valence electrons. The topological polar surface area (TPSA) is 64.1 Å². The molecule has 19 heavy (non-hydrogen) atoms. The summed E-state index contributed by atoms with van der Waals surface area (Å²) in [6.45, 7) is 2.58. The zero-order valence-corrected chi connectivity index (χ0v) is 11.7. The van der Waals surface area contributed by atoms with E-state index < -0.39 is 0 Å². The van der Waals surface area contributed by atoms with E-state index in [-0.39, 0.29) is 5.91 Å². The van der Waals surface area contributed by atoms with Crippen LogP contribution >= 0.6 is 11.3 Å². The monoisotopic (exact) mass is 277 g/mol. The summed E-state index contributed by atoms with van der Waals surface area (Å²) in [6.07, 6.45) is 0.703. The number of anilines is 1. The molecule has 0 saturated heterocycles. The first-order valence-electron chi connectivity index (χ1n) is 5.88. The van der Waals surface area contributed by atoms with E-state index in [2.05, 4.69) is 15.5 Å². The van der Waals surface area contributed by atoms with Crippen molar-refractivity contribution >= 4 is 22.4 Å². The molecule has 1 heterocycles. The first-order chi connectivity index (χ1) is 9.19. The number of carbonyl (C=O) groups is 1. The second-order valence-electron chi connectivity index (χ2n) is 4.06. The van der Waals surface area contributed by atoms with Gasteiger partial charge in [-0.15, -0.1) is 10.2 Å². The van der Waals surface area contributed by atoms with E-state index in [0.29, 0.717) is 23.7 Å². The van der Waals surface area contributed by atoms with E-state index in [1.54, 1.807) is 19.2 Å². The van der Waals surface area contributed by atoms with Gasteiger partial charge in [-0.2, -0.15) is 0 Å². The second-order valence-corrected chi connectivity index (χ2v) is 5.13. The Hall–Kier alpha value is -1.79. The summed E-state index contributed by atoms with van der Waals surface area (Å²) in [4.78, 5) is 12.0. The van der Waals surface area contributed by atoms with Crippen molar-refractivity contribution in [1.29, 1.82) is 0 Å². The van der Waals surface area contributed by atoms with Crippen LogP contribution in [0.4, 0.5) is 5.13 Å². The Kier molecular flexibility index (Phi) is 4.59. The number of ether oxygens (including phenoxy) is 1. The molecule has 1 amide bonds. The Labute approximate surface area is 115 Å². The summed E-state index contributed by atoms with van der Waals surface area (Å²) < 4.78 is 4.97. The van der Waals surface area contributed by atoms with Gasteiger partial charge in [0, 0.05) is 19.1 Å². The second kappa shape index (κ2) is 6.40. The van der Waals surface area contributed by atoms with Crippen LogP contribution < -0.4 is 5.32 Å². The minimum absolute atomic E-state index is 0.172. The third-order valence-corrected chi connectivity index (χ3v) is 3.42. The van der Waals surface area contributed by atoms with Gasteiger partial charge < -0.3 is 4.74 Å². The largest absolute Gasteiger partial charge is 0.384 e. The Morgan fingerprint density at radius 2 is 2.05 bits per heavy atom. The van der Waals surface area contributed by atoms with Crippen LogP contribution in [-0.2, 0) is 11.2 Å². The smallest absolute Gasteiger partial charge is 0.257 e. The van der Waals surface area contributed by atoms with Crippen LogP contribution in [-0.4, -0.2) is 29.8 Å². The molecule has 1 aromatic carbocycles. The Morgan fingerprint density at radius 3 is 2.74 bits per heavy atom. The third-order valence-electron chi connectivity index (χ3n) is 2.52. The molecule has 2 aromatic rings. The Bertz CT molecular complexity index is 551. The van der Waals surface area contributed by atoms with E-state index in [9.17, 15) is 4.79 Å². The molecule has 0 spiro atoms. The normalized spacial score (nSPS) is 10.4. The lowest BCUT2D eigenvalue weighted by Crippen LogP contribution is -2.11. The van der Waals surface area contributed by atoms with E-state index in [1.807, 2.05) is 19.1 Å². The number of nitrogens with one attached hydrogen (secondary N) is 1. The molecule has 0 radical (unpaired) electrons. The molecule has 0 aliphatic carbocycles.